The number of carbonyl (C=O) groups excluding carboxylic acids is 2. The predicted molar refractivity (Wildman–Crippen MR) is 102 cm³/mol. The SMILES string of the molecule is CC(=O)N(CCC(=O)NCCc1ccccc1)c1c(Cl)cccc1Cl. The lowest BCUT2D eigenvalue weighted by Gasteiger charge is -2.23. The summed E-state index contributed by atoms with van der Waals surface area (Å²) in [5.74, 6) is -0.336. The predicted octanol–water partition coefficient (Wildman–Crippen LogP) is 4.10. The minimum Gasteiger partial charge on any atom is -0.356 e. The molecule has 2 amide bonds. The lowest BCUT2D eigenvalue weighted by Crippen LogP contribution is -2.34. The van der Waals surface area contributed by atoms with E-state index in [4.69, 9.17) is 23.2 Å². The Morgan fingerprint density at radius 2 is 1.64 bits per heavy atom. The number of hydrogen-bond donors (Lipinski definition) is 1. The van der Waals surface area contributed by atoms with E-state index in [1.54, 1.807) is 18.2 Å². The molecule has 0 atom stereocenters. The Morgan fingerprint density at radius 3 is 2.24 bits per heavy atom. The molecule has 1 N–H and O–H groups in total. The monoisotopic (exact) mass is 378 g/mol. The molecule has 0 radical (unpaired) electrons. The summed E-state index contributed by atoms with van der Waals surface area (Å²) in [6, 6.07) is 15.0. The molecule has 2 aromatic carbocycles. The number of nitrogens with one attached hydrogen (secondary N) is 1. The molecule has 25 heavy (non-hydrogen) atoms. The second-order valence-corrected chi connectivity index (χ2v) is 6.39. The molecule has 132 valence electrons. The summed E-state index contributed by atoms with van der Waals surface area (Å²) in [5.41, 5.74) is 1.60. The highest BCUT2D eigenvalue weighted by molar-refractivity contribution is 6.39. The lowest BCUT2D eigenvalue weighted by atomic mass is 10.1. The molecule has 0 aromatic heterocycles. The summed E-state index contributed by atoms with van der Waals surface area (Å²) in [5, 5.41) is 3.63. The second-order valence-electron chi connectivity index (χ2n) is 5.58. The molecule has 0 heterocycles. The van der Waals surface area contributed by atoms with E-state index in [1.807, 2.05) is 30.3 Å². The van der Waals surface area contributed by atoms with E-state index < -0.39 is 0 Å². The maximum Gasteiger partial charge on any atom is 0.223 e. The number of nitrogens with zero attached hydrogens (tertiary/aromatic N) is 1. The number of anilines is 1. The third-order valence-electron chi connectivity index (χ3n) is 3.73. The van der Waals surface area contributed by atoms with Gasteiger partial charge in [-0.25, -0.2) is 0 Å². The maximum atomic E-state index is 12.0. The van der Waals surface area contributed by atoms with Gasteiger partial charge in [0.2, 0.25) is 11.8 Å². The minimum absolute atomic E-state index is 0.120. The molecule has 0 aliphatic carbocycles. The summed E-state index contributed by atoms with van der Waals surface area (Å²) >= 11 is 12.3. The van der Waals surface area contributed by atoms with Gasteiger partial charge in [0.15, 0.2) is 0 Å². The average molecular weight is 379 g/mol. The molecule has 6 heteroatoms. The molecule has 0 aliphatic rings. The molecule has 0 unspecified atom stereocenters. The van der Waals surface area contributed by atoms with Crippen molar-refractivity contribution in [2.45, 2.75) is 19.8 Å². The number of halogens is 2. The van der Waals surface area contributed by atoms with E-state index in [0.29, 0.717) is 22.3 Å². The van der Waals surface area contributed by atoms with E-state index >= 15 is 0 Å². The van der Waals surface area contributed by atoms with Gasteiger partial charge < -0.3 is 10.2 Å². The summed E-state index contributed by atoms with van der Waals surface area (Å²) < 4.78 is 0. The standard InChI is InChI=1S/C19H20Cl2N2O2/c1-14(24)23(19-16(20)8-5-9-17(19)21)13-11-18(25)22-12-10-15-6-3-2-4-7-15/h2-9H,10-13H2,1H3,(H,22,25). The van der Waals surface area contributed by atoms with Crippen LogP contribution in [0.1, 0.15) is 18.9 Å². The smallest absolute Gasteiger partial charge is 0.223 e. The normalized spacial score (nSPS) is 10.4. The third-order valence-corrected chi connectivity index (χ3v) is 4.34. The highest BCUT2D eigenvalue weighted by Gasteiger charge is 2.18. The number of rotatable bonds is 7. The van der Waals surface area contributed by atoms with Gasteiger partial charge in [0.05, 0.1) is 15.7 Å². The van der Waals surface area contributed by atoms with Crippen LogP contribution in [-0.2, 0) is 16.0 Å². The summed E-state index contributed by atoms with van der Waals surface area (Å²) in [4.78, 5) is 25.4. The zero-order chi connectivity index (χ0) is 18.2. The van der Waals surface area contributed by atoms with Gasteiger partial charge in [-0.1, -0.05) is 59.6 Å². The lowest BCUT2D eigenvalue weighted by molar-refractivity contribution is -0.121. The van der Waals surface area contributed by atoms with E-state index in [2.05, 4.69) is 5.32 Å². The highest BCUT2D eigenvalue weighted by atomic mass is 35.5. The van der Waals surface area contributed by atoms with Crippen LogP contribution in [0.4, 0.5) is 5.69 Å². The van der Waals surface area contributed by atoms with Crippen molar-refractivity contribution in [3.8, 4) is 0 Å². The Kier molecular flexibility index (Phi) is 7.29. The van der Waals surface area contributed by atoms with Crippen LogP contribution >= 0.6 is 23.2 Å². The first-order chi connectivity index (χ1) is 12.0. The van der Waals surface area contributed by atoms with Crippen LogP contribution in [0.2, 0.25) is 10.0 Å². The van der Waals surface area contributed by atoms with Crippen LogP contribution in [0.5, 0.6) is 0 Å². The fraction of sp³-hybridized carbons (Fsp3) is 0.263. The van der Waals surface area contributed by atoms with Crippen LogP contribution in [0, 0.1) is 0 Å². The van der Waals surface area contributed by atoms with Gasteiger partial charge in [0.1, 0.15) is 0 Å². The topological polar surface area (TPSA) is 49.4 Å². The largest absolute Gasteiger partial charge is 0.356 e. The number of hydrogen-bond acceptors (Lipinski definition) is 2. The first-order valence-electron chi connectivity index (χ1n) is 8.02. The van der Waals surface area contributed by atoms with E-state index in [9.17, 15) is 9.59 Å². The first kappa shape index (κ1) is 19.3. The van der Waals surface area contributed by atoms with E-state index in [-0.39, 0.29) is 24.8 Å². The Labute approximate surface area is 157 Å². The molecule has 4 nitrogen and oxygen atoms in total. The first-order valence-corrected chi connectivity index (χ1v) is 8.77. The summed E-state index contributed by atoms with van der Waals surface area (Å²) in [6.07, 6.45) is 0.940. The molecule has 0 spiro atoms. The molecular weight excluding hydrogens is 359 g/mol. The summed E-state index contributed by atoms with van der Waals surface area (Å²) in [6.45, 7) is 2.19. The van der Waals surface area contributed by atoms with Gasteiger partial charge >= 0.3 is 0 Å². The second kappa shape index (κ2) is 9.44. The van der Waals surface area contributed by atoms with Crippen molar-refractivity contribution in [2.75, 3.05) is 18.0 Å². The number of amides is 2. The van der Waals surface area contributed by atoms with Crippen LogP contribution in [-0.4, -0.2) is 24.9 Å². The zero-order valence-electron chi connectivity index (χ0n) is 14.0. The molecular formula is C19H20Cl2N2O2. The molecule has 0 saturated heterocycles. The van der Waals surface area contributed by atoms with Crippen molar-refractivity contribution in [1.29, 1.82) is 0 Å². The fourth-order valence-corrected chi connectivity index (χ4v) is 3.07. The van der Waals surface area contributed by atoms with Gasteiger partial charge in [0, 0.05) is 26.4 Å². The molecule has 2 rings (SSSR count). The van der Waals surface area contributed by atoms with Gasteiger partial charge in [-0.2, -0.15) is 0 Å². The van der Waals surface area contributed by atoms with Crippen molar-refractivity contribution in [1.82, 2.24) is 5.32 Å². The quantitative estimate of drug-likeness (QED) is 0.788. The van der Waals surface area contributed by atoms with Crippen molar-refractivity contribution in [3.63, 3.8) is 0 Å². The van der Waals surface area contributed by atoms with E-state index in [0.717, 1.165) is 12.0 Å². The number of benzene rings is 2. The maximum absolute atomic E-state index is 12.0. The van der Waals surface area contributed by atoms with Crippen molar-refractivity contribution >= 4 is 40.7 Å². The molecule has 0 aliphatic heterocycles. The summed E-state index contributed by atoms with van der Waals surface area (Å²) in [7, 11) is 0. The van der Waals surface area contributed by atoms with Crippen LogP contribution < -0.4 is 10.2 Å². The number of carbonyl (C=O) groups is 2. The van der Waals surface area contributed by atoms with Crippen molar-refractivity contribution in [3.05, 3.63) is 64.1 Å². The zero-order valence-corrected chi connectivity index (χ0v) is 15.5. The number of para-hydroxylation sites is 1. The average Bonchev–Trinajstić information content (AvgIpc) is 2.58. The van der Waals surface area contributed by atoms with Crippen molar-refractivity contribution in [2.24, 2.45) is 0 Å². The Bertz CT molecular complexity index is 715. The Balaban J connectivity index is 1.88. The Hall–Kier alpha value is -2.04. The molecule has 0 fully saturated rings. The van der Waals surface area contributed by atoms with Gasteiger partial charge in [-0.3, -0.25) is 9.59 Å². The molecule has 0 saturated carbocycles. The third kappa shape index (κ3) is 5.76. The van der Waals surface area contributed by atoms with Gasteiger partial charge in [-0.05, 0) is 24.1 Å². The molecule has 0 bridgehead atoms. The van der Waals surface area contributed by atoms with Gasteiger partial charge in [0.25, 0.3) is 0 Å². The molecule has 2 aromatic rings. The fourth-order valence-electron chi connectivity index (χ4n) is 2.47. The van der Waals surface area contributed by atoms with Crippen molar-refractivity contribution < 1.29 is 9.59 Å². The highest BCUT2D eigenvalue weighted by Crippen LogP contribution is 2.33. The van der Waals surface area contributed by atoms with Crippen LogP contribution in [0.15, 0.2) is 48.5 Å². The van der Waals surface area contributed by atoms with Crippen LogP contribution in [0.25, 0.3) is 0 Å². The minimum atomic E-state index is -0.216. The van der Waals surface area contributed by atoms with Crippen LogP contribution in [0.3, 0.4) is 0 Å². The van der Waals surface area contributed by atoms with Gasteiger partial charge in [-0.15, -0.1) is 0 Å². The Morgan fingerprint density at radius 1 is 1.00 bits per heavy atom. The van der Waals surface area contributed by atoms with E-state index in [1.165, 1.54) is 11.8 Å².